The largest absolute Gasteiger partial charge is 0.0901 e. The van der Waals surface area contributed by atoms with Crippen LogP contribution in [-0.2, 0) is 6.42 Å². The molecule has 0 atom stereocenters. The van der Waals surface area contributed by atoms with Gasteiger partial charge in [-0.2, -0.15) is 0 Å². The quantitative estimate of drug-likeness (QED) is 0.715. The molecule has 0 bridgehead atoms. The summed E-state index contributed by atoms with van der Waals surface area (Å²) in [6, 6.07) is 17.6. The summed E-state index contributed by atoms with van der Waals surface area (Å²) in [5.74, 6) is 0.844. The Kier molecular flexibility index (Phi) is 3.42. The van der Waals surface area contributed by atoms with Crippen molar-refractivity contribution in [2.45, 2.75) is 41.9 Å². The predicted molar refractivity (Wildman–Crippen MR) is 78.4 cm³/mol. The summed E-state index contributed by atoms with van der Waals surface area (Å²) in [6.07, 6.45) is 3.92. The Hall–Kier alpha value is -1.21. The van der Waals surface area contributed by atoms with Crippen LogP contribution in [0.4, 0.5) is 0 Å². The molecule has 1 aliphatic rings. The smallest absolute Gasteiger partial charge is 0.0125 e. The molecular weight excluding hydrogens is 236 g/mol. The van der Waals surface area contributed by atoms with E-state index in [4.69, 9.17) is 0 Å². The van der Waals surface area contributed by atoms with Crippen LogP contribution in [0.25, 0.3) is 0 Å². The van der Waals surface area contributed by atoms with E-state index in [9.17, 15) is 0 Å². The van der Waals surface area contributed by atoms with Crippen LogP contribution >= 0.6 is 11.8 Å². The minimum Gasteiger partial charge on any atom is -0.0901 e. The Morgan fingerprint density at radius 1 is 1.00 bits per heavy atom. The van der Waals surface area contributed by atoms with Crippen molar-refractivity contribution in [3.8, 4) is 0 Å². The van der Waals surface area contributed by atoms with Crippen LogP contribution in [0.1, 0.15) is 36.8 Å². The first-order chi connectivity index (χ1) is 8.86. The molecule has 0 unspecified atom stereocenters. The van der Waals surface area contributed by atoms with Crippen molar-refractivity contribution in [3.63, 3.8) is 0 Å². The second-order valence-corrected chi connectivity index (χ2v) is 6.05. The molecule has 0 heterocycles. The van der Waals surface area contributed by atoms with Crippen molar-refractivity contribution in [2.75, 3.05) is 0 Å². The molecule has 2 aromatic carbocycles. The van der Waals surface area contributed by atoms with Gasteiger partial charge in [0.2, 0.25) is 0 Å². The highest BCUT2D eigenvalue weighted by molar-refractivity contribution is 7.99. The topological polar surface area (TPSA) is 0 Å². The summed E-state index contributed by atoms with van der Waals surface area (Å²) >= 11 is 1.87. The first-order valence-corrected chi connectivity index (χ1v) is 7.54. The van der Waals surface area contributed by atoms with Crippen molar-refractivity contribution in [1.82, 2.24) is 0 Å². The molecule has 0 aliphatic heterocycles. The fraction of sp³-hybridized carbons (Fsp3) is 0.294. The maximum Gasteiger partial charge on any atom is 0.0125 e. The first kappa shape index (κ1) is 11.9. The van der Waals surface area contributed by atoms with Crippen LogP contribution in [0.2, 0.25) is 0 Å². The number of hydrogen-bond donors (Lipinski definition) is 0. The van der Waals surface area contributed by atoms with Gasteiger partial charge in [-0.25, -0.2) is 0 Å². The Morgan fingerprint density at radius 2 is 1.78 bits per heavy atom. The van der Waals surface area contributed by atoms with Gasteiger partial charge >= 0.3 is 0 Å². The highest BCUT2D eigenvalue weighted by Gasteiger charge is 2.25. The summed E-state index contributed by atoms with van der Waals surface area (Å²) in [5, 5.41) is 0. The first-order valence-electron chi connectivity index (χ1n) is 6.72. The maximum atomic E-state index is 2.41. The molecule has 0 nitrogen and oxygen atoms in total. The minimum absolute atomic E-state index is 0.844. The molecule has 1 heteroatoms. The number of benzene rings is 2. The summed E-state index contributed by atoms with van der Waals surface area (Å²) in [7, 11) is 0. The van der Waals surface area contributed by atoms with E-state index in [0.29, 0.717) is 0 Å². The van der Waals surface area contributed by atoms with Crippen molar-refractivity contribution in [3.05, 3.63) is 59.7 Å². The van der Waals surface area contributed by atoms with Crippen LogP contribution in [0.15, 0.2) is 58.3 Å². The van der Waals surface area contributed by atoms with Crippen molar-refractivity contribution in [1.29, 1.82) is 0 Å². The van der Waals surface area contributed by atoms with Gasteiger partial charge in [-0.1, -0.05) is 43.0 Å². The Morgan fingerprint density at radius 3 is 2.44 bits per heavy atom. The maximum absolute atomic E-state index is 2.41. The molecular formula is C17H18S. The minimum atomic E-state index is 0.844. The number of aryl methyl sites for hydroxylation is 1. The van der Waals surface area contributed by atoms with E-state index in [2.05, 4.69) is 55.5 Å². The molecule has 1 aliphatic carbocycles. The van der Waals surface area contributed by atoms with E-state index in [1.807, 2.05) is 11.8 Å². The van der Waals surface area contributed by atoms with E-state index in [1.165, 1.54) is 28.2 Å². The fourth-order valence-electron chi connectivity index (χ4n) is 2.36. The van der Waals surface area contributed by atoms with Gasteiger partial charge in [0.15, 0.2) is 0 Å². The standard InChI is InChI=1S/C17H18S/c1-2-13-10-11-16(12-17(13)14-8-9-14)18-15-6-4-3-5-7-15/h3-7,10-12,14H,2,8-9H2,1H3. The van der Waals surface area contributed by atoms with Crippen LogP contribution in [0, 0.1) is 0 Å². The average Bonchev–Trinajstić information content (AvgIpc) is 3.24. The van der Waals surface area contributed by atoms with E-state index in [-0.39, 0.29) is 0 Å². The molecule has 0 saturated heterocycles. The lowest BCUT2D eigenvalue weighted by molar-refractivity contribution is 1.02. The van der Waals surface area contributed by atoms with E-state index < -0.39 is 0 Å². The molecule has 3 rings (SSSR count). The van der Waals surface area contributed by atoms with Crippen LogP contribution < -0.4 is 0 Å². The van der Waals surface area contributed by atoms with Crippen LogP contribution in [-0.4, -0.2) is 0 Å². The number of rotatable bonds is 4. The normalized spacial score (nSPS) is 14.7. The lowest BCUT2D eigenvalue weighted by Crippen LogP contribution is -1.90. The molecule has 1 saturated carbocycles. The van der Waals surface area contributed by atoms with Crippen molar-refractivity contribution >= 4 is 11.8 Å². The third-order valence-corrected chi connectivity index (χ3v) is 4.49. The van der Waals surface area contributed by atoms with Gasteiger partial charge in [0, 0.05) is 9.79 Å². The zero-order valence-corrected chi connectivity index (χ0v) is 11.5. The third-order valence-electron chi connectivity index (χ3n) is 3.49. The highest BCUT2D eigenvalue weighted by atomic mass is 32.2. The average molecular weight is 254 g/mol. The molecule has 0 aromatic heterocycles. The molecule has 2 aromatic rings. The summed E-state index contributed by atoms with van der Waals surface area (Å²) < 4.78 is 0. The third kappa shape index (κ3) is 2.62. The number of hydrogen-bond acceptors (Lipinski definition) is 1. The van der Waals surface area contributed by atoms with Gasteiger partial charge < -0.3 is 0 Å². The lowest BCUT2D eigenvalue weighted by Gasteiger charge is -2.09. The van der Waals surface area contributed by atoms with Gasteiger partial charge in [-0.05, 0) is 60.6 Å². The molecule has 0 radical (unpaired) electrons. The molecule has 18 heavy (non-hydrogen) atoms. The summed E-state index contributed by atoms with van der Waals surface area (Å²) in [5.41, 5.74) is 3.13. The zero-order chi connectivity index (χ0) is 12.4. The fourth-order valence-corrected chi connectivity index (χ4v) is 3.24. The second-order valence-electron chi connectivity index (χ2n) is 4.90. The van der Waals surface area contributed by atoms with Gasteiger partial charge in [-0.3, -0.25) is 0 Å². The Balaban J connectivity index is 1.86. The highest BCUT2D eigenvalue weighted by Crippen LogP contribution is 2.43. The zero-order valence-electron chi connectivity index (χ0n) is 10.7. The van der Waals surface area contributed by atoms with E-state index in [1.54, 1.807) is 5.56 Å². The monoisotopic (exact) mass is 254 g/mol. The predicted octanol–water partition coefficient (Wildman–Crippen LogP) is 5.28. The van der Waals surface area contributed by atoms with Gasteiger partial charge in [0.05, 0.1) is 0 Å². The van der Waals surface area contributed by atoms with Gasteiger partial charge in [-0.15, -0.1) is 0 Å². The van der Waals surface area contributed by atoms with Crippen LogP contribution in [0.3, 0.4) is 0 Å². The molecule has 92 valence electrons. The molecule has 0 amide bonds. The Labute approximate surface area is 113 Å². The van der Waals surface area contributed by atoms with E-state index >= 15 is 0 Å². The summed E-state index contributed by atoms with van der Waals surface area (Å²) in [6.45, 7) is 2.26. The van der Waals surface area contributed by atoms with Gasteiger partial charge in [0.1, 0.15) is 0 Å². The summed E-state index contributed by atoms with van der Waals surface area (Å²) in [4.78, 5) is 2.70. The van der Waals surface area contributed by atoms with Crippen molar-refractivity contribution < 1.29 is 0 Å². The van der Waals surface area contributed by atoms with Crippen molar-refractivity contribution in [2.24, 2.45) is 0 Å². The molecule has 0 N–H and O–H groups in total. The van der Waals surface area contributed by atoms with E-state index in [0.717, 1.165) is 12.3 Å². The SMILES string of the molecule is CCc1ccc(Sc2ccccc2)cc1C1CC1. The Bertz CT molecular complexity index is 527. The molecule has 0 spiro atoms. The second kappa shape index (κ2) is 5.19. The van der Waals surface area contributed by atoms with Gasteiger partial charge in [0.25, 0.3) is 0 Å². The lowest BCUT2D eigenvalue weighted by atomic mass is 10.0. The van der Waals surface area contributed by atoms with Crippen LogP contribution in [0.5, 0.6) is 0 Å². The molecule has 1 fully saturated rings.